The van der Waals surface area contributed by atoms with Crippen molar-refractivity contribution in [1.29, 1.82) is 0 Å². The van der Waals surface area contributed by atoms with Crippen LogP contribution in [-0.2, 0) is 16.1 Å². The molecule has 3 N–H and O–H groups in total. The molecule has 0 aromatic heterocycles. The fourth-order valence-corrected chi connectivity index (χ4v) is 2.80. The van der Waals surface area contributed by atoms with Gasteiger partial charge in [0.25, 0.3) is 5.69 Å². The molecule has 0 amide bonds. The summed E-state index contributed by atoms with van der Waals surface area (Å²) in [5.41, 5.74) is 1.32. The zero-order valence-electron chi connectivity index (χ0n) is 15.5. The highest BCUT2D eigenvalue weighted by molar-refractivity contribution is 5.73. The Labute approximate surface area is 170 Å². The normalized spacial score (nSPS) is 20.2. The molecule has 2 heterocycles. The van der Waals surface area contributed by atoms with Crippen molar-refractivity contribution < 1.29 is 51.1 Å². The number of nitro benzene ring substituents is 1. The number of likely N-dealkylation sites (tertiary alicyclic amines) is 1. The van der Waals surface area contributed by atoms with Gasteiger partial charge < -0.3 is 15.5 Å². The summed E-state index contributed by atoms with van der Waals surface area (Å²) in [6, 6.07) is 8.19. The van der Waals surface area contributed by atoms with Crippen molar-refractivity contribution in [2.45, 2.75) is 37.4 Å². The summed E-state index contributed by atoms with van der Waals surface area (Å²) in [7, 11) is 0. The lowest BCUT2D eigenvalue weighted by Crippen LogP contribution is -2.42. The summed E-state index contributed by atoms with van der Waals surface area (Å²) in [5.74, 6) is -5.51. The van der Waals surface area contributed by atoms with Gasteiger partial charge in [-0.3, -0.25) is 15.0 Å². The number of halogens is 6. The monoisotopic (exact) mass is 461 g/mol. The number of carbonyl (C=O) groups is 2. The number of benzene rings is 1. The van der Waals surface area contributed by atoms with Crippen molar-refractivity contribution in [2.24, 2.45) is 0 Å². The molecule has 0 radical (unpaired) electrons. The van der Waals surface area contributed by atoms with Crippen LogP contribution < -0.4 is 5.32 Å². The number of hydrogen-bond donors (Lipinski definition) is 3. The molecule has 15 heteroatoms. The molecule has 2 saturated heterocycles. The minimum Gasteiger partial charge on any atom is -0.475 e. The van der Waals surface area contributed by atoms with Gasteiger partial charge in [0.15, 0.2) is 0 Å². The zero-order valence-corrected chi connectivity index (χ0v) is 15.5. The number of nitrogens with one attached hydrogen (secondary N) is 1. The predicted molar refractivity (Wildman–Crippen MR) is 91.1 cm³/mol. The number of alkyl halides is 6. The number of carboxylic acids is 2. The second kappa shape index (κ2) is 10.4. The number of fused-ring (bicyclic) bond motifs is 2. The van der Waals surface area contributed by atoms with Crippen LogP contribution in [0.5, 0.6) is 0 Å². The van der Waals surface area contributed by atoms with Crippen molar-refractivity contribution >= 4 is 17.6 Å². The third-order valence-corrected chi connectivity index (χ3v) is 4.19. The first-order valence-electron chi connectivity index (χ1n) is 8.42. The molecule has 0 unspecified atom stereocenters. The van der Waals surface area contributed by atoms with Crippen LogP contribution in [-0.4, -0.2) is 69.5 Å². The number of piperazine rings is 1. The third kappa shape index (κ3) is 8.75. The van der Waals surface area contributed by atoms with Crippen molar-refractivity contribution in [3.8, 4) is 0 Å². The van der Waals surface area contributed by atoms with Crippen molar-refractivity contribution in [3.05, 3.63) is 39.9 Å². The molecule has 0 saturated carbocycles. The maximum Gasteiger partial charge on any atom is 0.490 e. The van der Waals surface area contributed by atoms with E-state index in [1.807, 2.05) is 12.1 Å². The average Bonchev–Trinajstić information content (AvgIpc) is 3.24. The number of aliphatic carboxylic acids is 2. The molecule has 0 spiro atoms. The minimum atomic E-state index is -5.08. The number of carboxylic acid groups (broad SMARTS) is 2. The fraction of sp³-hybridized carbons (Fsp3) is 0.500. The number of non-ortho nitro benzene ring substituents is 1. The molecular formula is C16H17F6N3O6. The first kappa shape index (κ1) is 26.1. The van der Waals surface area contributed by atoms with E-state index in [2.05, 4.69) is 10.2 Å². The van der Waals surface area contributed by atoms with Gasteiger partial charge in [0.2, 0.25) is 0 Å². The molecule has 2 fully saturated rings. The Kier molecular flexibility index (Phi) is 8.74. The van der Waals surface area contributed by atoms with E-state index in [9.17, 15) is 36.5 Å². The molecule has 3 rings (SSSR count). The van der Waals surface area contributed by atoms with E-state index >= 15 is 0 Å². The van der Waals surface area contributed by atoms with E-state index in [1.165, 1.54) is 6.42 Å². The number of hydrogen-bond acceptors (Lipinski definition) is 6. The standard InChI is InChI=1S/C12H15N3O2.2C2HF3O2/c16-15(17)11-3-1-9(2-4-11)7-14-8-10-5-12(14)6-13-10;2*3-2(4,5)1(6)7/h1-4,10,12-13H,5-8H2;2*(H,6,7)/t10-,12-;;/m0../s1. The molecule has 31 heavy (non-hydrogen) atoms. The lowest BCUT2D eigenvalue weighted by atomic mass is 10.2. The van der Waals surface area contributed by atoms with Crippen LogP contribution in [0.25, 0.3) is 0 Å². The highest BCUT2D eigenvalue weighted by Crippen LogP contribution is 2.25. The van der Waals surface area contributed by atoms with Crippen LogP contribution in [0.1, 0.15) is 12.0 Å². The van der Waals surface area contributed by atoms with E-state index in [1.54, 1.807) is 12.1 Å². The first-order chi connectivity index (χ1) is 14.1. The minimum absolute atomic E-state index is 0.165. The average molecular weight is 461 g/mol. The van der Waals surface area contributed by atoms with Gasteiger partial charge in [0, 0.05) is 43.9 Å². The maximum atomic E-state index is 10.6. The lowest BCUT2D eigenvalue weighted by Gasteiger charge is -2.27. The summed E-state index contributed by atoms with van der Waals surface area (Å²) in [6.45, 7) is 3.08. The first-order valence-corrected chi connectivity index (χ1v) is 8.42. The molecule has 2 aliphatic rings. The Morgan fingerprint density at radius 3 is 1.81 bits per heavy atom. The van der Waals surface area contributed by atoms with Crippen LogP contribution in [0.3, 0.4) is 0 Å². The Morgan fingerprint density at radius 1 is 1.06 bits per heavy atom. The van der Waals surface area contributed by atoms with Crippen LogP contribution in [0.2, 0.25) is 0 Å². The van der Waals surface area contributed by atoms with Gasteiger partial charge in [-0.05, 0) is 12.0 Å². The largest absolute Gasteiger partial charge is 0.490 e. The summed E-state index contributed by atoms with van der Waals surface area (Å²) < 4.78 is 63.5. The molecule has 174 valence electrons. The van der Waals surface area contributed by atoms with E-state index in [0.717, 1.165) is 25.2 Å². The smallest absolute Gasteiger partial charge is 0.475 e. The zero-order chi connectivity index (χ0) is 24.0. The van der Waals surface area contributed by atoms with Crippen molar-refractivity contribution in [2.75, 3.05) is 13.1 Å². The topological polar surface area (TPSA) is 133 Å². The van der Waals surface area contributed by atoms with Gasteiger partial charge in [0.05, 0.1) is 4.92 Å². The fourth-order valence-electron chi connectivity index (χ4n) is 2.80. The van der Waals surface area contributed by atoms with Gasteiger partial charge in [0.1, 0.15) is 0 Å². The Balaban J connectivity index is 0.000000288. The van der Waals surface area contributed by atoms with Gasteiger partial charge >= 0.3 is 24.3 Å². The summed E-state index contributed by atoms with van der Waals surface area (Å²) in [4.78, 5) is 30.4. The van der Waals surface area contributed by atoms with Crippen LogP contribution in [0, 0.1) is 10.1 Å². The third-order valence-electron chi connectivity index (χ3n) is 4.19. The number of rotatable bonds is 3. The van der Waals surface area contributed by atoms with E-state index in [0.29, 0.717) is 12.1 Å². The molecule has 2 bridgehead atoms. The van der Waals surface area contributed by atoms with E-state index in [4.69, 9.17) is 19.8 Å². The molecule has 2 atom stereocenters. The Morgan fingerprint density at radius 2 is 1.52 bits per heavy atom. The van der Waals surface area contributed by atoms with Crippen molar-refractivity contribution in [3.63, 3.8) is 0 Å². The second-order valence-electron chi connectivity index (χ2n) is 6.45. The van der Waals surface area contributed by atoms with Gasteiger partial charge in [-0.15, -0.1) is 0 Å². The van der Waals surface area contributed by atoms with Crippen LogP contribution >= 0.6 is 0 Å². The van der Waals surface area contributed by atoms with Crippen molar-refractivity contribution in [1.82, 2.24) is 10.2 Å². The van der Waals surface area contributed by atoms with Crippen LogP contribution in [0.15, 0.2) is 24.3 Å². The lowest BCUT2D eigenvalue weighted by molar-refractivity contribution is -0.384. The second-order valence-corrected chi connectivity index (χ2v) is 6.45. The highest BCUT2D eigenvalue weighted by atomic mass is 19.4. The summed E-state index contributed by atoms with van der Waals surface area (Å²) in [6.07, 6.45) is -8.92. The van der Waals surface area contributed by atoms with Gasteiger partial charge in [-0.1, -0.05) is 12.1 Å². The number of nitrogens with zero attached hydrogens (tertiary/aromatic N) is 2. The molecular weight excluding hydrogens is 444 g/mol. The molecule has 1 aromatic carbocycles. The maximum absolute atomic E-state index is 10.6. The quantitative estimate of drug-likeness (QED) is 0.355. The van der Waals surface area contributed by atoms with Gasteiger partial charge in [-0.2, -0.15) is 26.3 Å². The summed E-state index contributed by atoms with van der Waals surface area (Å²) in [5, 5.41) is 28.3. The highest BCUT2D eigenvalue weighted by Gasteiger charge is 2.39. The molecule has 1 aromatic rings. The van der Waals surface area contributed by atoms with Crippen LogP contribution in [0.4, 0.5) is 32.0 Å². The predicted octanol–water partition coefficient (Wildman–Crippen LogP) is 2.41. The van der Waals surface area contributed by atoms with Gasteiger partial charge in [-0.25, -0.2) is 9.59 Å². The Bertz CT molecular complexity index is 760. The molecule has 9 nitrogen and oxygen atoms in total. The molecule has 2 aliphatic heterocycles. The SMILES string of the molecule is O=C(O)C(F)(F)F.O=C(O)C(F)(F)F.O=[N+]([O-])c1ccc(CN2C[C@@H]3C[C@H]2CN3)cc1. The Hall–Kier alpha value is -2.94. The molecule has 0 aliphatic carbocycles. The summed E-state index contributed by atoms with van der Waals surface area (Å²) >= 11 is 0. The number of nitro groups is 1. The van der Waals surface area contributed by atoms with E-state index in [-0.39, 0.29) is 10.6 Å². The van der Waals surface area contributed by atoms with E-state index < -0.39 is 24.3 Å².